The highest BCUT2D eigenvalue weighted by Gasteiger charge is 2.63. The first-order chi connectivity index (χ1) is 14.2. The largest absolute Gasteiger partial charge is 0.404 e. The number of benzene rings is 1. The topological polar surface area (TPSA) is 35.6 Å². The molecule has 1 atom stereocenters. The summed E-state index contributed by atoms with van der Waals surface area (Å²) < 4.78 is 42.2. The van der Waals surface area contributed by atoms with E-state index in [0.29, 0.717) is 19.4 Å². The molecule has 0 saturated carbocycles. The molecule has 7 heteroatoms. The Labute approximate surface area is 177 Å². The number of nitrogens with one attached hydrogen (secondary N) is 1. The molecule has 1 unspecified atom stereocenters. The van der Waals surface area contributed by atoms with Gasteiger partial charge < -0.3 is 5.32 Å². The van der Waals surface area contributed by atoms with Gasteiger partial charge in [0, 0.05) is 38.8 Å². The highest BCUT2D eigenvalue weighted by Crippen LogP contribution is 2.46. The number of carbonyl (C=O) groups is 1. The van der Waals surface area contributed by atoms with Gasteiger partial charge in [0.25, 0.3) is 0 Å². The fraction of sp³-hybridized carbons (Fsp3) is 0.609. The van der Waals surface area contributed by atoms with Gasteiger partial charge in [-0.2, -0.15) is 13.2 Å². The van der Waals surface area contributed by atoms with E-state index < -0.39 is 17.5 Å². The van der Waals surface area contributed by atoms with Crippen LogP contribution in [-0.2, 0) is 11.3 Å². The lowest BCUT2D eigenvalue weighted by Gasteiger charge is -2.36. The van der Waals surface area contributed by atoms with E-state index in [1.807, 2.05) is 44.2 Å². The van der Waals surface area contributed by atoms with Crippen LogP contribution < -0.4 is 5.32 Å². The average molecular weight is 424 g/mol. The molecular weight excluding hydrogens is 391 g/mol. The zero-order valence-corrected chi connectivity index (χ0v) is 17.8. The standard InChI is InChI=1S/C23H32F3N3O/c1-18(2)8-12-28-13-9-20(10-14-28)27-21(30)22(23(24,25)26)11-15-29(17-22)16-19-6-4-3-5-7-19/h3-8,20H,9-17H2,1-2H3,(H,27,30). The Morgan fingerprint density at radius 2 is 1.80 bits per heavy atom. The monoisotopic (exact) mass is 423 g/mol. The second-order valence-electron chi connectivity index (χ2n) is 8.86. The highest BCUT2D eigenvalue weighted by atomic mass is 19.4. The number of carbonyl (C=O) groups excluding carboxylic acids is 1. The van der Waals surface area contributed by atoms with Crippen molar-refractivity contribution in [3.05, 3.63) is 47.5 Å². The molecule has 166 valence electrons. The van der Waals surface area contributed by atoms with E-state index in [9.17, 15) is 18.0 Å². The molecule has 1 aromatic rings. The summed E-state index contributed by atoms with van der Waals surface area (Å²) in [4.78, 5) is 16.9. The van der Waals surface area contributed by atoms with Crippen LogP contribution in [0.15, 0.2) is 42.0 Å². The van der Waals surface area contributed by atoms with Crippen molar-refractivity contribution in [2.24, 2.45) is 5.41 Å². The number of hydrogen-bond donors (Lipinski definition) is 1. The van der Waals surface area contributed by atoms with Gasteiger partial charge in [-0.05, 0) is 45.2 Å². The summed E-state index contributed by atoms with van der Waals surface area (Å²) in [6, 6.07) is 9.24. The number of likely N-dealkylation sites (tertiary alicyclic amines) is 2. The van der Waals surface area contributed by atoms with Gasteiger partial charge in [-0.3, -0.25) is 14.6 Å². The van der Waals surface area contributed by atoms with E-state index >= 15 is 0 Å². The fourth-order valence-electron chi connectivity index (χ4n) is 4.31. The highest BCUT2D eigenvalue weighted by molar-refractivity contribution is 5.84. The first kappa shape index (κ1) is 22.8. The second kappa shape index (κ2) is 9.52. The Kier molecular flexibility index (Phi) is 7.24. The number of alkyl halides is 3. The second-order valence-corrected chi connectivity index (χ2v) is 8.86. The van der Waals surface area contributed by atoms with Crippen molar-refractivity contribution in [1.82, 2.24) is 15.1 Å². The van der Waals surface area contributed by atoms with E-state index in [2.05, 4.69) is 16.3 Å². The van der Waals surface area contributed by atoms with Gasteiger partial charge in [-0.25, -0.2) is 0 Å². The van der Waals surface area contributed by atoms with Crippen LogP contribution in [0.3, 0.4) is 0 Å². The number of rotatable bonds is 6. The molecule has 1 aromatic carbocycles. The minimum atomic E-state index is -4.56. The maximum atomic E-state index is 14.1. The Hall–Kier alpha value is -1.86. The van der Waals surface area contributed by atoms with Gasteiger partial charge in [-0.15, -0.1) is 0 Å². The first-order valence-corrected chi connectivity index (χ1v) is 10.7. The molecule has 0 bridgehead atoms. The fourth-order valence-corrected chi connectivity index (χ4v) is 4.31. The SMILES string of the molecule is CC(C)=CCN1CCC(NC(=O)C2(C(F)(F)F)CCN(Cc3ccccc3)C2)CC1. The van der Waals surface area contributed by atoms with Crippen LogP contribution in [0.25, 0.3) is 0 Å². The van der Waals surface area contributed by atoms with Crippen LogP contribution in [0.4, 0.5) is 13.2 Å². The van der Waals surface area contributed by atoms with Crippen LogP contribution >= 0.6 is 0 Å². The van der Waals surface area contributed by atoms with Crippen molar-refractivity contribution >= 4 is 5.91 Å². The molecule has 0 aromatic heterocycles. The van der Waals surface area contributed by atoms with Crippen LogP contribution in [0.5, 0.6) is 0 Å². The van der Waals surface area contributed by atoms with Gasteiger partial charge in [0.05, 0.1) is 0 Å². The zero-order valence-electron chi connectivity index (χ0n) is 17.8. The Morgan fingerprint density at radius 1 is 1.13 bits per heavy atom. The molecule has 30 heavy (non-hydrogen) atoms. The van der Waals surface area contributed by atoms with Crippen LogP contribution in [-0.4, -0.2) is 60.6 Å². The van der Waals surface area contributed by atoms with E-state index in [1.165, 1.54) is 5.57 Å². The first-order valence-electron chi connectivity index (χ1n) is 10.7. The summed E-state index contributed by atoms with van der Waals surface area (Å²) in [6.45, 7) is 6.93. The summed E-state index contributed by atoms with van der Waals surface area (Å²) >= 11 is 0. The molecule has 2 heterocycles. The molecule has 4 nitrogen and oxygen atoms in total. The molecule has 2 fully saturated rings. The summed E-state index contributed by atoms with van der Waals surface area (Å²) in [5.74, 6) is -0.853. The van der Waals surface area contributed by atoms with Gasteiger partial charge >= 0.3 is 6.18 Å². The number of piperidine rings is 1. The van der Waals surface area contributed by atoms with Crippen molar-refractivity contribution in [3.63, 3.8) is 0 Å². The predicted molar refractivity (Wildman–Crippen MR) is 112 cm³/mol. The van der Waals surface area contributed by atoms with Crippen molar-refractivity contribution in [2.75, 3.05) is 32.7 Å². The number of hydrogen-bond acceptors (Lipinski definition) is 3. The molecule has 2 aliphatic heterocycles. The Balaban J connectivity index is 1.60. The Bertz CT molecular complexity index is 738. The number of nitrogens with zero attached hydrogens (tertiary/aromatic N) is 2. The molecule has 0 spiro atoms. The van der Waals surface area contributed by atoms with Crippen molar-refractivity contribution < 1.29 is 18.0 Å². The zero-order chi connectivity index (χ0) is 21.8. The normalized spacial score (nSPS) is 24.0. The molecular formula is C23H32F3N3O. The van der Waals surface area contributed by atoms with Gasteiger partial charge in [0.2, 0.25) is 5.91 Å². The quantitative estimate of drug-likeness (QED) is 0.703. The van der Waals surface area contributed by atoms with E-state index in [0.717, 1.165) is 25.2 Å². The lowest BCUT2D eigenvalue weighted by atomic mass is 9.84. The lowest BCUT2D eigenvalue weighted by molar-refractivity contribution is -0.218. The third-order valence-corrected chi connectivity index (χ3v) is 6.26. The summed E-state index contributed by atoms with van der Waals surface area (Å²) in [6.07, 6.45) is -1.23. The molecule has 2 aliphatic rings. The molecule has 1 amide bonds. The van der Waals surface area contributed by atoms with E-state index in [1.54, 1.807) is 4.90 Å². The molecule has 3 rings (SSSR count). The van der Waals surface area contributed by atoms with Gasteiger partial charge in [-0.1, -0.05) is 42.0 Å². The van der Waals surface area contributed by atoms with Crippen LogP contribution in [0.2, 0.25) is 0 Å². The number of amides is 1. The van der Waals surface area contributed by atoms with Gasteiger partial charge in [0.15, 0.2) is 5.41 Å². The van der Waals surface area contributed by atoms with Gasteiger partial charge in [0.1, 0.15) is 0 Å². The Morgan fingerprint density at radius 3 is 2.40 bits per heavy atom. The minimum absolute atomic E-state index is 0.186. The third kappa shape index (κ3) is 5.43. The predicted octanol–water partition coefficient (Wildman–Crippen LogP) is 3.99. The third-order valence-electron chi connectivity index (χ3n) is 6.26. The summed E-state index contributed by atoms with van der Waals surface area (Å²) in [5, 5.41) is 2.75. The molecule has 1 N–H and O–H groups in total. The number of halogens is 3. The van der Waals surface area contributed by atoms with E-state index in [4.69, 9.17) is 0 Å². The van der Waals surface area contributed by atoms with E-state index in [-0.39, 0.29) is 25.6 Å². The summed E-state index contributed by atoms with van der Waals surface area (Å²) in [7, 11) is 0. The maximum Gasteiger partial charge on any atom is 0.404 e. The average Bonchev–Trinajstić information content (AvgIpc) is 3.13. The summed E-state index contributed by atoms with van der Waals surface area (Å²) in [5.41, 5.74) is -0.112. The minimum Gasteiger partial charge on any atom is -0.352 e. The maximum absolute atomic E-state index is 14.1. The van der Waals surface area contributed by atoms with Crippen LogP contribution in [0, 0.1) is 5.41 Å². The van der Waals surface area contributed by atoms with Crippen molar-refractivity contribution in [2.45, 2.75) is 51.9 Å². The van der Waals surface area contributed by atoms with Crippen molar-refractivity contribution in [1.29, 1.82) is 0 Å². The molecule has 2 saturated heterocycles. The molecule has 0 radical (unpaired) electrons. The molecule has 0 aliphatic carbocycles. The lowest BCUT2D eigenvalue weighted by Crippen LogP contribution is -2.56. The smallest absolute Gasteiger partial charge is 0.352 e. The van der Waals surface area contributed by atoms with Crippen molar-refractivity contribution in [3.8, 4) is 0 Å². The number of allylic oxidation sites excluding steroid dienone is 1. The van der Waals surface area contributed by atoms with Crippen LogP contribution in [0.1, 0.15) is 38.7 Å².